The summed E-state index contributed by atoms with van der Waals surface area (Å²) in [5, 5.41) is 10.0. The van der Waals surface area contributed by atoms with E-state index in [9.17, 15) is 14.7 Å². The van der Waals surface area contributed by atoms with E-state index in [0.717, 1.165) is 23.3 Å². The number of hydrogen-bond acceptors (Lipinski definition) is 8. The van der Waals surface area contributed by atoms with E-state index in [-0.39, 0.29) is 17.6 Å². The van der Waals surface area contributed by atoms with E-state index in [2.05, 4.69) is 6.07 Å². The van der Waals surface area contributed by atoms with Crippen LogP contribution in [-0.4, -0.2) is 31.4 Å². The summed E-state index contributed by atoms with van der Waals surface area (Å²) in [4.78, 5) is 26.5. The Morgan fingerprint density at radius 1 is 0.977 bits per heavy atom. The summed E-state index contributed by atoms with van der Waals surface area (Å²) in [6, 6.07) is 21.4. The zero-order valence-electron chi connectivity index (χ0n) is 23.4. The van der Waals surface area contributed by atoms with E-state index in [1.807, 2.05) is 30.3 Å². The summed E-state index contributed by atoms with van der Waals surface area (Å²) in [6.45, 7) is 1.09. The Balaban J connectivity index is 1.27. The Bertz CT molecular complexity index is 1920. The second-order valence-electron chi connectivity index (χ2n) is 10.6. The molecule has 0 aliphatic carbocycles. The van der Waals surface area contributed by atoms with E-state index in [1.54, 1.807) is 31.4 Å². The number of methoxy groups -OCH3 is 1. The van der Waals surface area contributed by atoms with Crippen LogP contribution >= 0.6 is 0 Å². The molecule has 8 nitrogen and oxygen atoms in total. The number of fused-ring (bicyclic) bond motifs is 4. The Hall–Kier alpha value is -5.24. The van der Waals surface area contributed by atoms with Gasteiger partial charge in [0.05, 0.1) is 37.7 Å². The average molecular weight is 577 g/mol. The molecule has 1 atom stereocenters. The van der Waals surface area contributed by atoms with Crippen LogP contribution in [0.5, 0.6) is 28.7 Å². The molecule has 4 aromatic carbocycles. The van der Waals surface area contributed by atoms with Crippen molar-refractivity contribution in [3.05, 3.63) is 112 Å². The minimum Gasteiger partial charge on any atom is -0.508 e. The molecule has 8 heteroatoms. The predicted molar refractivity (Wildman–Crippen MR) is 160 cm³/mol. The van der Waals surface area contributed by atoms with Crippen LogP contribution in [0, 0.1) is 0 Å². The van der Waals surface area contributed by atoms with Crippen LogP contribution in [0.1, 0.15) is 34.6 Å². The van der Waals surface area contributed by atoms with Crippen molar-refractivity contribution in [1.29, 1.82) is 0 Å². The maximum absolute atomic E-state index is 13.6. The maximum Gasteiger partial charge on any atom is 0.312 e. The molecule has 3 heterocycles. The third-order valence-electron chi connectivity index (χ3n) is 8.06. The minimum absolute atomic E-state index is 0.0316. The van der Waals surface area contributed by atoms with Crippen molar-refractivity contribution in [3.8, 4) is 39.9 Å². The summed E-state index contributed by atoms with van der Waals surface area (Å²) in [5.41, 5.74) is 4.78. The van der Waals surface area contributed by atoms with E-state index < -0.39 is 11.9 Å². The Morgan fingerprint density at radius 2 is 1.81 bits per heavy atom. The number of rotatable bonds is 7. The largest absolute Gasteiger partial charge is 0.508 e. The van der Waals surface area contributed by atoms with Gasteiger partial charge in [0, 0.05) is 29.9 Å². The van der Waals surface area contributed by atoms with Gasteiger partial charge in [-0.15, -0.1) is 0 Å². The fourth-order valence-electron chi connectivity index (χ4n) is 5.95. The lowest BCUT2D eigenvalue weighted by Crippen LogP contribution is -2.22. The molecule has 216 valence electrons. The third-order valence-corrected chi connectivity index (χ3v) is 8.06. The number of benzene rings is 4. The van der Waals surface area contributed by atoms with E-state index in [4.69, 9.17) is 23.4 Å². The second kappa shape index (κ2) is 10.9. The molecule has 0 bridgehead atoms. The first-order valence-electron chi connectivity index (χ1n) is 14.1. The highest BCUT2D eigenvalue weighted by atomic mass is 16.5. The van der Waals surface area contributed by atoms with Gasteiger partial charge in [0.15, 0.2) is 11.5 Å². The molecule has 1 unspecified atom stereocenters. The third kappa shape index (κ3) is 4.84. The molecule has 2 aliphatic heterocycles. The molecule has 7 rings (SSSR count). The second-order valence-corrected chi connectivity index (χ2v) is 10.6. The number of hydrogen-bond donors (Lipinski definition) is 1. The number of carbonyl (C=O) groups excluding carboxylic acids is 1. The van der Waals surface area contributed by atoms with Crippen molar-refractivity contribution in [3.63, 3.8) is 0 Å². The van der Waals surface area contributed by atoms with Crippen LogP contribution in [0.2, 0.25) is 0 Å². The summed E-state index contributed by atoms with van der Waals surface area (Å²) in [6.07, 6.45) is 3.02. The molecule has 0 fully saturated rings. The fourth-order valence-corrected chi connectivity index (χ4v) is 5.95. The molecule has 5 aromatic rings. The fraction of sp³-hybridized carbons (Fsp3) is 0.200. The van der Waals surface area contributed by atoms with Gasteiger partial charge < -0.3 is 28.5 Å². The highest BCUT2D eigenvalue weighted by Gasteiger charge is 2.34. The van der Waals surface area contributed by atoms with Crippen molar-refractivity contribution in [2.45, 2.75) is 25.2 Å². The van der Waals surface area contributed by atoms with Crippen molar-refractivity contribution in [1.82, 2.24) is 0 Å². The number of phenolic OH excluding ortho intramolecular Hbond substituents is 1. The molecule has 0 spiro atoms. The lowest BCUT2D eigenvalue weighted by molar-refractivity contribution is -0.135. The van der Waals surface area contributed by atoms with Gasteiger partial charge in [-0.1, -0.05) is 36.4 Å². The van der Waals surface area contributed by atoms with Gasteiger partial charge in [-0.3, -0.25) is 9.59 Å². The van der Waals surface area contributed by atoms with Gasteiger partial charge in [-0.2, -0.15) is 0 Å². The SMILES string of the molecule is COc1cccc(C2CC(=O)Oc3ccc4c(=O)c(-c5ccc(O)cc5)coc4c32)c1OCCc1ccc2c(c1)CCO2. The van der Waals surface area contributed by atoms with Crippen LogP contribution < -0.4 is 24.4 Å². The summed E-state index contributed by atoms with van der Waals surface area (Å²) < 4.78 is 29.5. The van der Waals surface area contributed by atoms with Crippen molar-refractivity contribution < 1.29 is 33.3 Å². The van der Waals surface area contributed by atoms with Gasteiger partial charge >= 0.3 is 5.97 Å². The van der Waals surface area contributed by atoms with Crippen LogP contribution in [0.3, 0.4) is 0 Å². The standard InChI is InChI=1S/C35H28O8/c1-39-30-4-2-3-24(34(30)41-15-13-20-5-11-28-22(17-20)14-16-40-28)26-18-31(37)43-29-12-10-25-33(38)27(19-42-35(25)32(26)29)21-6-8-23(36)9-7-21/h2-12,17,19,26,36H,13-16,18H2,1H3. The monoisotopic (exact) mass is 576 g/mol. The normalized spacial score (nSPS) is 15.4. The van der Waals surface area contributed by atoms with E-state index >= 15 is 0 Å². The molecule has 2 aliphatic rings. The zero-order valence-corrected chi connectivity index (χ0v) is 23.4. The first-order valence-corrected chi connectivity index (χ1v) is 14.1. The molecule has 43 heavy (non-hydrogen) atoms. The quantitative estimate of drug-likeness (QED) is 0.181. The summed E-state index contributed by atoms with van der Waals surface area (Å²) in [7, 11) is 1.58. The lowest BCUT2D eigenvalue weighted by Gasteiger charge is -2.27. The van der Waals surface area contributed by atoms with Crippen LogP contribution in [0.4, 0.5) is 0 Å². The number of aromatic hydroxyl groups is 1. The summed E-state index contributed by atoms with van der Waals surface area (Å²) in [5.74, 6) is 1.54. The summed E-state index contributed by atoms with van der Waals surface area (Å²) >= 11 is 0. The van der Waals surface area contributed by atoms with Crippen LogP contribution in [0.25, 0.3) is 22.1 Å². The molecule has 0 amide bonds. The van der Waals surface area contributed by atoms with Gasteiger partial charge in [-0.05, 0) is 53.1 Å². The molecular formula is C35H28O8. The molecule has 0 saturated carbocycles. The average Bonchev–Trinajstić information content (AvgIpc) is 3.49. The molecule has 1 aromatic heterocycles. The van der Waals surface area contributed by atoms with Gasteiger partial charge in [-0.25, -0.2) is 0 Å². The lowest BCUT2D eigenvalue weighted by atomic mass is 9.84. The van der Waals surface area contributed by atoms with Gasteiger partial charge in [0.2, 0.25) is 5.43 Å². The predicted octanol–water partition coefficient (Wildman–Crippen LogP) is 6.17. The number of ether oxygens (including phenoxy) is 4. The van der Waals surface area contributed by atoms with Crippen LogP contribution in [0.15, 0.2) is 88.3 Å². The zero-order chi connectivity index (χ0) is 29.5. The molecule has 0 radical (unpaired) electrons. The highest BCUT2D eigenvalue weighted by molar-refractivity contribution is 5.90. The first-order chi connectivity index (χ1) is 21.0. The van der Waals surface area contributed by atoms with Crippen LogP contribution in [-0.2, 0) is 17.6 Å². The number of phenols is 1. The first kappa shape index (κ1) is 26.6. The molecule has 1 N–H and O–H groups in total. The number of esters is 1. The Kier molecular flexibility index (Phi) is 6.74. The topological polar surface area (TPSA) is 104 Å². The van der Waals surface area contributed by atoms with Crippen molar-refractivity contribution in [2.75, 3.05) is 20.3 Å². The number of para-hydroxylation sites is 1. The Morgan fingerprint density at radius 3 is 2.65 bits per heavy atom. The minimum atomic E-state index is -0.509. The Labute approximate surface area is 247 Å². The highest BCUT2D eigenvalue weighted by Crippen LogP contribution is 2.47. The van der Waals surface area contributed by atoms with Gasteiger partial charge in [0.1, 0.15) is 29.1 Å². The smallest absolute Gasteiger partial charge is 0.312 e. The maximum atomic E-state index is 13.6. The van der Waals surface area contributed by atoms with Gasteiger partial charge in [0.25, 0.3) is 0 Å². The van der Waals surface area contributed by atoms with Crippen molar-refractivity contribution >= 4 is 16.9 Å². The molecular weight excluding hydrogens is 548 g/mol. The van der Waals surface area contributed by atoms with E-state index in [1.165, 1.54) is 24.0 Å². The van der Waals surface area contributed by atoms with Crippen molar-refractivity contribution in [2.24, 2.45) is 0 Å². The number of carbonyl (C=O) groups is 1. The van der Waals surface area contributed by atoms with E-state index in [0.29, 0.717) is 64.5 Å². The molecule has 0 saturated heterocycles.